The van der Waals surface area contributed by atoms with Crippen molar-refractivity contribution in [2.24, 2.45) is 0 Å². The molecule has 0 radical (unpaired) electrons. The molecule has 33 heavy (non-hydrogen) atoms. The van der Waals surface area contributed by atoms with Gasteiger partial charge in [0.25, 0.3) is 0 Å². The SMILES string of the molecule is CC(C)(O)C(C)(C)O.CCOC(=O)c1cn(-c2cccc(B(O)O)c2)c2ncccc2c1=O. The summed E-state index contributed by atoms with van der Waals surface area (Å²) in [5.41, 5.74) is -1.43. The van der Waals surface area contributed by atoms with Crippen LogP contribution in [-0.2, 0) is 4.74 Å². The van der Waals surface area contributed by atoms with Crippen LogP contribution < -0.4 is 10.9 Å². The molecule has 9 nitrogen and oxygen atoms in total. The van der Waals surface area contributed by atoms with Gasteiger partial charge in [-0.05, 0) is 64.3 Å². The van der Waals surface area contributed by atoms with Gasteiger partial charge in [0.1, 0.15) is 11.2 Å². The van der Waals surface area contributed by atoms with E-state index in [0.29, 0.717) is 11.3 Å². The molecule has 10 heteroatoms. The van der Waals surface area contributed by atoms with Gasteiger partial charge in [-0.25, -0.2) is 9.78 Å². The number of esters is 1. The maximum Gasteiger partial charge on any atom is 0.488 e. The van der Waals surface area contributed by atoms with Crippen LogP contribution in [0.5, 0.6) is 0 Å². The highest BCUT2D eigenvalue weighted by Gasteiger charge is 2.32. The largest absolute Gasteiger partial charge is 0.488 e. The van der Waals surface area contributed by atoms with E-state index in [0.717, 1.165) is 0 Å². The second-order valence-electron chi connectivity index (χ2n) is 8.42. The number of fused-ring (bicyclic) bond motifs is 1. The van der Waals surface area contributed by atoms with Gasteiger partial charge in [-0.2, -0.15) is 0 Å². The summed E-state index contributed by atoms with van der Waals surface area (Å²) < 4.78 is 6.51. The Labute approximate surface area is 192 Å². The molecule has 0 aliphatic carbocycles. The summed E-state index contributed by atoms with van der Waals surface area (Å²) >= 11 is 0. The van der Waals surface area contributed by atoms with E-state index in [9.17, 15) is 19.6 Å². The normalized spacial score (nSPS) is 11.5. The lowest BCUT2D eigenvalue weighted by molar-refractivity contribution is -0.107. The lowest BCUT2D eigenvalue weighted by Gasteiger charge is -2.31. The number of hydrogen-bond donors (Lipinski definition) is 4. The molecule has 176 valence electrons. The van der Waals surface area contributed by atoms with Crippen LogP contribution >= 0.6 is 0 Å². The molecule has 0 saturated carbocycles. The van der Waals surface area contributed by atoms with Gasteiger partial charge in [0.05, 0.1) is 23.2 Å². The molecule has 3 aromatic rings. The van der Waals surface area contributed by atoms with Crippen LogP contribution in [0.3, 0.4) is 0 Å². The molecule has 0 fully saturated rings. The number of pyridine rings is 2. The van der Waals surface area contributed by atoms with Gasteiger partial charge in [0.15, 0.2) is 0 Å². The predicted molar refractivity (Wildman–Crippen MR) is 126 cm³/mol. The maximum atomic E-state index is 12.6. The zero-order valence-electron chi connectivity index (χ0n) is 19.3. The standard InChI is InChI=1S/C17H15BN2O5.C6H14O2/c1-2-25-17(22)14-10-20(12-6-3-5-11(9-12)18(23)24)16-13(15(14)21)7-4-8-19-16;1-5(2,7)6(3,4)8/h3-10,23-24H,2H2,1H3;7-8H,1-4H3. The lowest BCUT2D eigenvalue weighted by Crippen LogP contribution is -2.44. The summed E-state index contributed by atoms with van der Waals surface area (Å²) in [7, 11) is -1.64. The number of rotatable bonds is 5. The Hall–Kier alpha value is -3.05. The molecule has 0 saturated heterocycles. The van der Waals surface area contributed by atoms with Crippen molar-refractivity contribution in [3.05, 3.63) is 64.6 Å². The van der Waals surface area contributed by atoms with Gasteiger partial charge >= 0.3 is 13.1 Å². The minimum absolute atomic E-state index is 0.114. The minimum atomic E-state index is -1.64. The summed E-state index contributed by atoms with van der Waals surface area (Å²) in [6, 6.07) is 9.63. The van der Waals surface area contributed by atoms with Crippen LogP contribution in [0.25, 0.3) is 16.7 Å². The molecule has 0 aliphatic rings. The van der Waals surface area contributed by atoms with Crippen LogP contribution in [0.4, 0.5) is 0 Å². The van der Waals surface area contributed by atoms with Crippen molar-refractivity contribution in [3.63, 3.8) is 0 Å². The van der Waals surface area contributed by atoms with Crippen molar-refractivity contribution in [1.29, 1.82) is 0 Å². The fourth-order valence-corrected chi connectivity index (χ4v) is 2.55. The summed E-state index contributed by atoms with van der Waals surface area (Å²) in [5.74, 6) is -0.717. The van der Waals surface area contributed by atoms with E-state index in [1.807, 2.05) is 0 Å². The molecule has 0 amide bonds. The molecule has 3 rings (SSSR count). The Balaban J connectivity index is 0.000000414. The quantitative estimate of drug-likeness (QED) is 0.326. The smallest absolute Gasteiger partial charge is 0.462 e. The average molecular weight is 456 g/mol. The van der Waals surface area contributed by atoms with Crippen molar-refractivity contribution in [3.8, 4) is 5.69 Å². The first-order chi connectivity index (χ1) is 15.3. The monoisotopic (exact) mass is 456 g/mol. The summed E-state index contributed by atoms with van der Waals surface area (Å²) in [6.07, 6.45) is 2.89. The molecule has 1 aromatic carbocycles. The molecular weight excluding hydrogens is 427 g/mol. The highest BCUT2D eigenvalue weighted by atomic mass is 16.5. The molecule has 2 heterocycles. The zero-order chi connectivity index (χ0) is 25.0. The van der Waals surface area contributed by atoms with E-state index >= 15 is 0 Å². The molecule has 0 bridgehead atoms. The molecule has 2 aromatic heterocycles. The lowest BCUT2D eigenvalue weighted by atomic mass is 9.80. The van der Waals surface area contributed by atoms with Gasteiger partial charge in [0.2, 0.25) is 5.43 Å². The number of hydrogen-bond acceptors (Lipinski definition) is 8. The van der Waals surface area contributed by atoms with E-state index in [1.165, 1.54) is 18.5 Å². The van der Waals surface area contributed by atoms with Crippen LogP contribution in [0, 0.1) is 0 Å². The Morgan fingerprint density at radius 1 is 1.09 bits per heavy atom. The first-order valence-corrected chi connectivity index (χ1v) is 10.4. The predicted octanol–water partition coefficient (Wildman–Crippen LogP) is 0.770. The number of carbonyl (C=O) groups is 1. The van der Waals surface area contributed by atoms with Gasteiger partial charge in [0, 0.05) is 18.1 Å². The number of ether oxygens (including phenoxy) is 1. The third-order valence-electron chi connectivity index (χ3n) is 5.20. The van der Waals surface area contributed by atoms with Crippen molar-refractivity contribution < 1.29 is 29.8 Å². The van der Waals surface area contributed by atoms with E-state index in [4.69, 9.17) is 14.9 Å². The number of benzene rings is 1. The number of aliphatic hydroxyl groups is 2. The van der Waals surface area contributed by atoms with E-state index in [1.54, 1.807) is 69.5 Å². The van der Waals surface area contributed by atoms with Crippen molar-refractivity contribution >= 4 is 29.6 Å². The van der Waals surface area contributed by atoms with Crippen LogP contribution in [-0.4, -0.2) is 60.7 Å². The van der Waals surface area contributed by atoms with Gasteiger partial charge in [-0.15, -0.1) is 0 Å². The van der Waals surface area contributed by atoms with Gasteiger partial charge in [-0.1, -0.05) is 12.1 Å². The van der Waals surface area contributed by atoms with Crippen LogP contribution in [0.15, 0.2) is 53.6 Å². The van der Waals surface area contributed by atoms with Crippen molar-refractivity contribution in [2.45, 2.75) is 45.8 Å². The summed E-state index contributed by atoms with van der Waals surface area (Å²) in [5, 5.41) is 37.2. The average Bonchev–Trinajstić information content (AvgIpc) is 2.73. The summed E-state index contributed by atoms with van der Waals surface area (Å²) in [6.45, 7) is 8.11. The third-order valence-corrected chi connectivity index (χ3v) is 5.20. The fourth-order valence-electron chi connectivity index (χ4n) is 2.55. The van der Waals surface area contributed by atoms with Gasteiger partial charge < -0.3 is 29.6 Å². The van der Waals surface area contributed by atoms with E-state index < -0.39 is 29.7 Å². The molecular formula is C23H29BN2O7. The highest BCUT2D eigenvalue weighted by Crippen LogP contribution is 2.19. The fraction of sp³-hybridized carbons (Fsp3) is 0.348. The van der Waals surface area contributed by atoms with Crippen LogP contribution in [0.2, 0.25) is 0 Å². The molecule has 4 N–H and O–H groups in total. The van der Waals surface area contributed by atoms with Crippen molar-refractivity contribution in [1.82, 2.24) is 9.55 Å². The third kappa shape index (κ3) is 6.26. The van der Waals surface area contributed by atoms with Crippen LogP contribution in [0.1, 0.15) is 45.0 Å². The van der Waals surface area contributed by atoms with Gasteiger partial charge in [-0.3, -0.25) is 4.79 Å². The van der Waals surface area contributed by atoms with Crippen molar-refractivity contribution in [2.75, 3.05) is 6.61 Å². The molecule has 0 aliphatic heterocycles. The number of nitrogens with zero attached hydrogens (tertiary/aromatic N) is 2. The van der Waals surface area contributed by atoms with E-state index in [-0.39, 0.29) is 23.0 Å². The highest BCUT2D eigenvalue weighted by molar-refractivity contribution is 6.58. The molecule has 0 spiro atoms. The topological polar surface area (TPSA) is 142 Å². The first kappa shape index (κ1) is 26.2. The Morgan fingerprint density at radius 2 is 1.73 bits per heavy atom. The minimum Gasteiger partial charge on any atom is -0.462 e. The Bertz CT molecular complexity index is 1170. The molecule has 0 unspecified atom stereocenters. The number of carbonyl (C=O) groups excluding carboxylic acids is 1. The summed E-state index contributed by atoms with van der Waals surface area (Å²) in [4.78, 5) is 28.9. The second kappa shape index (κ2) is 10.3. The zero-order valence-corrected chi connectivity index (χ0v) is 19.3. The van der Waals surface area contributed by atoms with E-state index in [2.05, 4.69) is 4.98 Å². The Morgan fingerprint density at radius 3 is 2.27 bits per heavy atom. The second-order valence-corrected chi connectivity index (χ2v) is 8.42. The Kier molecular flexibility index (Phi) is 8.15. The first-order valence-electron chi connectivity index (χ1n) is 10.4. The number of aromatic nitrogens is 2. The maximum absolute atomic E-state index is 12.6. The molecule has 0 atom stereocenters.